The van der Waals surface area contributed by atoms with Crippen molar-refractivity contribution in [1.29, 1.82) is 0 Å². The summed E-state index contributed by atoms with van der Waals surface area (Å²) in [6.07, 6.45) is 5.23. The molecule has 0 aliphatic heterocycles. The first-order valence-corrected chi connectivity index (χ1v) is 6.60. The normalized spacial score (nSPS) is 11.2. The predicted molar refractivity (Wildman–Crippen MR) is 74.0 cm³/mol. The zero-order valence-corrected chi connectivity index (χ0v) is 11.7. The van der Waals surface area contributed by atoms with E-state index in [1.165, 1.54) is 0 Å². The van der Waals surface area contributed by atoms with Gasteiger partial charge in [0.1, 0.15) is 5.82 Å². The molecule has 0 saturated heterocycles. The maximum Gasteiger partial charge on any atom is 0.319 e. The van der Waals surface area contributed by atoms with Gasteiger partial charge in [-0.2, -0.15) is 0 Å². The lowest BCUT2D eigenvalue weighted by Crippen LogP contribution is -2.52. The van der Waals surface area contributed by atoms with Crippen LogP contribution in [-0.4, -0.2) is 33.3 Å². The number of hydrogen-bond donors (Lipinski definition) is 3. The highest BCUT2D eigenvalue weighted by Crippen LogP contribution is 2.14. The fourth-order valence-corrected chi connectivity index (χ4v) is 1.69. The molecule has 1 aromatic rings. The van der Waals surface area contributed by atoms with E-state index in [2.05, 4.69) is 20.6 Å². The van der Waals surface area contributed by atoms with Crippen LogP contribution in [0.5, 0.6) is 0 Å². The van der Waals surface area contributed by atoms with Crippen LogP contribution in [0.1, 0.15) is 39.4 Å². The van der Waals surface area contributed by atoms with Crippen LogP contribution in [0.15, 0.2) is 12.4 Å². The average molecular weight is 266 g/mol. The summed E-state index contributed by atoms with van der Waals surface area (Å²) in [5.74, 6) is 0.734. The van der Waals surface area contributed by atoms with E-state index in [0.717, 1.165) is 12.2 Å². The van der Waals surface area contributed by atoms with Crippen molar-refractivity contribution in [2.75, 3.05) is 11.9 Å². The number of urea groups is 1. The zero-order valence-electron chi connectivity index (χ0n) is 11.7. The summed E-state index contributed by atoms with van der Waals surface area (Å²) in [5.41, 5.74) is -0.0392. The van der Waals surface area contributed by atoms with E-state index >= 15 is 0 Å². The maximum absolute atomic E-state index is 11.9. The van der Waals surface area contributed by atoms with Gasteiger partial charge in [-0.3, -0.25) is 0 Å². The number of aromatic nitrogens is 2. The summed E-state index contributed by atoms with van der Waals surface area (Å²) in [6.45, 7) is 5.74. The first-order valence-electron chi connectivity index (χ1n) is 6.60. The molecular formula is C13H22N4O2. The Morgan fingerprint density at radius 2 is 1.84 bits per heavy atom. The Morgan fingerprint density at radius 1 is 1.26 bits per heavy atom. The van der Waals surface area contributed by atoms with Crippen LogP contribution < -0.4 is 10.6 Å². The minimum Gasteiger partial charge on any atom is -0.394 e. The number of aliphatic hydroxyl groups excluding tert-OH is 1. The Balaban J connectivity index is 2.63. The molecule has 6 nitrogen and oxygen atoms in total. The molecule has 1 heterocycles. The molecule has 1 aromatic heterocycles. The molecule has 0 aliphatic carbocycles. The van der Waals surface area contributed by atoms with Crippen LogP contribution in [0.25, 0.3) is 0 Å². The second kappa shape index (κ2) is 7.04. The van der Waals surface area contributed by atoms with Crippen LogP contribution in [0.2, 0.25) is 0 Å². The number of nitrogens with one attached hydrogen (secondary N) is 2. The van der Waals surface area contributed by atoms with E-state index in [0.29, 0.717) is 18.5 Å². The second-order valence-electron chi connectivity index (χ2n) is 4.47. The number of aliphatic hydroxyl groups is 1. The summed E-state index contributed by atoms with van der Waals surface area (Å²) < 4.78 is 0. The van der Waals surface area contributed by atoms with Crippen molar-refractivity contribution in [3.05, 3.63) is 18.2 Å². The molecule has 0 fully saturated rings. The van der Waals surface area contributed by atoms with Gasteiger partial charge in [0.25, 0.3) is 0 Å². The quantitative estimate of drug-likeness (QED) is 0.731. The number of rotatable bonds is 6. The number of carbonyl (C=O) groups excluding carboxylic acids is 1. The fraction of sp³-hybridized carbons (Fsp3) is 0.615. The smallest absolute Gasteiger partial charge is 0.319 e. The van der Waals surface area contributed by atoms with Crippen molar-refractivity contribution in [2.45, 2.75) is 45.6 Å². The topological polar surface area (TPSA) is 87.1 Å². The van der Waals surface area contributed by atoms with Crippen molar-refractivity contribution in [2.24, 2.45) is 0 Å². The summed E-state index contributed by atoms with van der Waals surface area (Å²) >= 11 is 0. The van der Waals surface area contributed by atoms with Crippen molar-refractivity contribution in [3.63, 3.8) is 0 Å². The van der Waals surface area contributed by atoms with Gasteiger partial charge in [0.2, 0.25) is 0 Å². The highest BCUT2D eigenvalue weighted by Gasteiger charge is 2.27. The first-order chi connectivity index (χ1) is 9.09. The van der Waals surface area contributed by atoms with Gasteiger partial charge in [0, 0.05) is 6.42 Å². The number of anilines is 1. The summed E-state index contributed by atoms with van der Waals surface area (Å²) in [4.78, 5) is 20.1. The third kappa shape index (κ3) is 4.17. The Bertz CT molecular complexity index is 393. The number of hydrogen-bond acceptors (Lipinski definition) is 4. The highest BCUT2D eigenvalue weighted by molar-refractivity contribution is 5.89. The molecule has 106 valence electrons. The first kappa shape index (κ1) is 15.4. The molecule has 0 bridgehead atoms. The largest absolute Gasteiger partial charge is 0.394 e. The standard InChI is InChI=1S/C13H22N4O2/c1-4-11-14-7-10(8-15-11)16-12(19)17-13(5-2,6-3)9-18/h7-8,18H,4-6,9H2,1-3H3,(H2,16,17,19). The average Bonchev–Trinajstić information content (AvgIpc) is 2.46. The van der Waals surface area contributed by atoms with E-state index in [1.807, 2.05) is 20.8 Å². The molecule has 0 spiro atoms. The molecule has 0 unspecified atom stereocenters. The zero-order chi connectivity index (χ0) is 14.3. The van der Waals surface area contributed by atoms with Crippen LogP contribution in [0, 0.1) is 0 Å². The van der Waals surface area contributed by atoms with Crippen molar-refractivity contribution >= 4 is 11.7 Å². The van der Waals surface area contributed by atoms with Gasteiger partial charge in [-0.1, -0.05) is 20.8 Å². The Labute approximate surface area is 113 Å². The summed E-state index contributed by atoms with van der Waals surface area (Å²) in [6, 6.07) is -0.356. The van der Waals surface area contributed by atoms with Gasteiger partial charge < -0.3 is 15.7 Å². The van der Waals surface area contributed by atoms with Crippen LogP contribution in [0.4, 0.5) is 10.5 Å². The molecular weight excluding hydrogens is 244 g/mol. The lowest BCUT2D eigenvalue weighted by Gasteiger charge is -2.30. The second-order valence-corrected chi connectivity index (χ2v) is 4.47. The Morgan fingerprint density at radius 3 is 2.26 bits per heavy atom. The van der Waals surface area contributed by atoms with Gasteiger partial charge in [-0.25, -0.2) is 14.8 Å². The van der Waals surface area contributed by atoms with E-state index in [4.69, 9.17) is 0 Å². The maximum atomic E-state index is 11.9. The minimum atomic E-state index is -0.575. The Kier molecular flexibility index (Phi) is 5.69. The molecule has 3 N–H and O–H groups in total. The van der Waals surface area contributed by atoms with E-state index in [1.54, 1.807) is 12.4 Å². The van der Waals surface area contributed by atoms with Crippen LogP contribution >= 0.6 is 0 Å². The molecule has 0 atom stereocenters. The molecule has 2 amide bonds. The molecule has 0 aliphatic rings. The van der Waals surface area contributed by atoms with Crippen molar-refractivity contribution in [3.8, 4) is 0 Å². The summed E-state index contributed by atoms with van der Waals surface area (Å²) in [7, 11) is 0. The molecule has 0 saturated carbocycles. The van der Waals surface area contributed by atoms with Gasteiger partial charge in [0.05, 0.1) is 30.2 Å². The fourth-order valence-electron chi connectivity index (χ4n) is 1.69. The van der Waals surface area contributed by atoms with Crippen LogP contribution in [-0.2, 0) is 6.42 Å². The highest BCUT2D eigenvalue weighted by atomic mass is 16.3. The number of amides is 2. The van der Waals surface area contributed by atoms with Gasteiger partial charge in [-0.05, 0) is 12.8 Å². The lowest BCUT2D eigenvalue weighted by molar-refractivity contribution is 0.155. The van der Waals surface area contributed by atoms with E-state index in [9.17, 15) is 9.90 Å². The number of nitrogens with zero attached hydrogens (tertiary/aromatic N) is 2. The molecule has 6 heteroatoms. The van der Waals surface area contributed by atoms with Gasteiger partial charge in [-0.15, -0.1) is 0 Å². The summed E-state index contributed by atoms with van der Waals surface area (Å²) in [5, 5.41) is 14.9. The molecule has 1 rings (SSSR count). The SMILES string of the molecule is CCc1ncc(NC(=O)NC(CC)(CC)CO)cn1. The van der Waals surface area contributed by atoms with Crippen molar-refractivity contribution in [1.82, 2.24) is 15.3 Å². The predicted octanol–water partition coefficient (Wildman–Crippen LogP) is 1.71. The van der Waals surface area contributed by atoms with Gasteiger partial charge in [0.15, 0.2) is 0 Å². The lowest BCUT2D eigenvalue weighted by atomic mass is 9.94. The number of carbonyl (C=O) groups is 1. The minimum absolute atomic E-state index is 0.0846. The third-order valence-electron chi connectivity index (χ3n) is 3.31. The van der Waals surface area contributed by atoms with Crippen molar-refractivity contribution < 1.29 is 9.90 Å². The third-order valence-corrected chi connectivity index (χ3v) is 3.31. The molecule has 0 radical (unpaired) electrons. The van der Waals surface area contributed by atoms with E-state index in [-0.39, 0.29) is 12.6 Å². The molecule has 19 heavy (non-hydrogen) atoms. The monoisotopic (exact) mass is 266 g/mol. The van der Waals surface area contributed by atoms with Gasteiger partial charge >= 0.3 is 6.03 Å². The number of aryl methyl sites for hydroxylation is 1. The molecule has 0 aromatic carbocycles. The van der Waals surface area contributed by atoms with Crippen LogP contribution in [0.3, 0.4) is 0 Å². The van der Waals surface area contributed by atoms with E-state index < -0.39 is 5.54 Å². The Hall–Kier alpha value is -1.69.